The van der Waals surface area contributed by atoms with E-state index in [1.165, 1.54) is 23.7 Å². The molecule has 1 aliphatic carbocycles. The molecule has 1 amide bonds. The van der Waals surface area contributed by atoms with E-state index >= 15 is 0 Å². The quantitative estimate of drug-likeness (QED) is 0.454. The zero-order valence-electron chi connectivity index (χ0n) is 21.0. The number of hydrogen-bond acceptors (Lipinski definition) is 4. The minimum atomic E-state index is -0.275. The van der Waals surface area contributed by atoms with Gasteiger partial charge in [0.05, 0.1) is 16.7 Å². The number of imidazole rings is 1. The summed E-state index contributed by atoms with van der Waals surface area (Å²) in [4.78, 5) is 20.5. The number of likely N-dealkylation sites (tertiary alicyclic amines) is 1. The van der Waals surface area contributed by atoms with Gasteiger partial charge in [-0.25, -0.2) is 4.98 Å². The van der Waals surface area contributed by atoms with Crippen LogP contribution >= 0.6 is 0 Å². The molecule has 7 heteroatoms. The van der Waals surface area contributed by atoms with Crippen molar-refractivity contribution in [1.82, 2.24) is 19.0 Å². The highest BCUT2D eigenvalue weighted by Gasteiger charge is 2.36. The van der Waals surface area contributed by atoms with Gasteiger partial charge in [0.1, 0.15) is 17.9 Å². The van der Waals surface area contributed by atoms with Gasteiger partial charge in [-0.3, -0.25) is 4.79 Å². The lowest BCUT2D eigenvalue weighted by Gasteiger charge is -2.34. The Labute approximate surface area is 210 Å². The molecule has 0 radical (unpaired) electrons. The Balaban J connectivity index is 1.41. The maximum Gasteiger partial charge on any atom is 0.254 e. The summed E-state index contributed by atoms with van der Waals surface area (Å²) < 4.78 is 11.0. The second-order valence-electron chi connectivity index (χ2n) is 11.5. The number of amides is 1. The van der Waals surface area contributed by atoms with Crippen molar-refractivity contribution >= 4 is 27.8 Å². The van der Waals surface area contributed by atoms with Crippen LogP contribution in [0.15, 0.2) is 42.5 Å². The molecular formula is C29H33N5O2. The Morgan fingerprint density at radius 3 is 2.81 bits per heavy atom. The summed E-state index contributed by atoms with van der Waals surface area (Å²) in [6.45, 7) is 7.27. The first-order valence-electron chi connectivity index (χ1n) is 13.2. The molecule has 0 bridgehead atoms. The third kappa shape index (κ3) is 3.44. The molecule has 2 aliphatic heterocycles. The van der Waals surface area contributed by atoms with Crippen LogP contribution in [0.5, 0.6) is 5.75 Å². The number of fused-ring (bicyclic) bond motifs is 1. The molecule has 186 valence electrons. The molecular weight excluding hydrogens is 450 g/mol. The first-order valence-corrected chi connectivity index (χ1v) is 13.2. The van der Waals surface area contributed by atoms with Gasteiger partial charge in [-0.05, 0) is 69.7 Å². The summed E-state index contributed by atoms with van der Waals surface area (Å²) >= 11 is 0. The van der Waals surface area contributed by atoms with E-state index in [9.17, 15) is 4.79 Å². The number of piperidine rings is 1. The Morgan fingerprint density at radius 2 is 2.00 bits per heavy atom. The van der Waals surface area contributed by atoms with Crippen molar-refractivity contribution in [2.75, 3.05) is 19.7 Å². The molecule has 4 heterocycles. The Hall–Kier alpha value is -3.32. The molecule has 1 saturated carbocycles. The molecule has 7 rings (SSSR count). The standard InChI is InChI=1S/C29H33N5O2/c1-29(2)17-36-25-14-20(28(35)32-11-5-7-21(30)16-32)12-22-26(25)34(29)27(31-22)24-13-19-6-3-4-8-23(19)33(24)15-18-9-10-18/h3-4,6,8,12-14,18,21H,5,7,9-11,15-17,30H2,1-2H3/t21-/m1/s1. The van der Waals surface area contributed by atoms with E-state index in [0.717, 1.165) is 60.2 Å². The highest BCUT2D eigenvalue weighted by molar-refractivity contribution is 6.00. The van der Waals surface area contributed by atoms with Gasteiger partial charge < -0.3 is 24.5 Å². The fraction of sp³-hybridized carbons (Fsp3) is 0.448. The number of carbonyl (C=O) groups excluding carboxylic acids is 1. The van der Waals surface area contributed by atoms with Gasteiger partial charge in [-0.15, -0.1) is 0 Å². The van der Waals surface area contributed by atoms with E-state index in [2.05, 4.69) is 53.3 Å². The van der Waals surface area contributed by atoms with Crippen LogP contribution in [-0.2, 0) is 12.1 Å². The predicted molar refractivity (Wildman–Crippen MR) is 141 cm³/mol. The number of nitrogens with zero attached hydrogens (tertiary/aromatic N) is 4. The summed E-state index contributed by atoms with van der Waals surface area (Å²) in [6.07, 6.45) is 4.49. The zero-order valence-corrected chi connectivity index (χ0v) is 21.0. The minimum Gasteiger partial charge on any atom is -0.489 e. The van der Waals surface area contributed by atoms with Crippen LogP contribution in [0.3, 0.4) is 0 Å². The van der Waals surface area contributed by atoms with E-state index in [4.69, 9.17) is 15.5 Å². The molecule has 2 N–H and O–H groups in total. The summed E-state index contributed by atoms with van der Waals surface area (Å²) in [7, 11) is 0. The molecule has 2 fully saturated rings. The molecule has 2 aromatic heterocycles. The van der Waals surface area contributed by atoms with Gasteiger partial charge >= 0.3 is 0 Å². The average Bonchev–Trinajstić information content (AvgIpc) is 3.49. The lowest BCUT2D eigenvalue weighted by Crippen LogP contribution is -2.45. The van der Waals surface area contributed by atoms with Crippen LogP contribution in [0.2, 0.25) is 0 Å². The van der Waals surface area contributed by atoms with Crippen molar-refractivity contribution in [3.05, 3.63) is 48.0 Å². The highest BCUT2D eigenvalue weighted by atomic mass is 16.5. The fourth-order valence-electron chi connectivity index (χ4n) is 6.01. The lowest BCUT2D eigenvalue weighted by molar-refractivity contribution is 0.0708. The van der Waals surface area contributed by atoms with Crippen LogP contribution in [0.25, 0.3) is 33.5 Å². The maximum absolute atomic E-state index is 13.4. The number of nitrogens with two attached hydrogens (primary N) is 1. The SMILES string of the molecule is CC1(C)COc2cc(C(=O)N3CCC[C@@H](N)C3)cc3nc(-c4cc5ccccc5n4CC4CC4)n1c23. The first kappa shape index (κ1) is 21.9. The van der Waals surface area contributed by atoms with E-state index in [1.54, 1.807) is 0 Å². The maximum atomic E-state index is 13.4. The minimum absolute atomic E-state index is 0.00989. The normalized spacial score (nSPS) is 21.2. The first-order chi connectivity index (χ1) is 17.4. The predicted octanol–water partition coefficient (Wildman–Crippen LogP) is 4.76. The summed E-state index contributed by atoms with van der Waals surface area (Å²) in [6, 6.07) is 14.8. The van der Waals surface area contributed by atoms with E-state index in [0.29, 0.717) is 18.7 Å². The van der Waals surface area contributed by atoms with Crippen molar-refractivity contribution in [2.24, 2.45) is 11.7 Å². The van der Waals surface area contributed by atoms with Gasteiger partial charge in [0.2, 0.25) is 0 Å². The molecule has 3 aliphatic rings. The Morgan fingerprint density at radius 1 is 1.17 bits per heavy atom. The highest BCUT2D eigenvalue weighted by Crippen LogP contribution is 2.43. The van der Waals surface area contributed by atoms with Crippen molar-refractivity contribution in [3.8, 4) is 17.3 Å². The van der Waals surface area contributed by atoms with Crippen molar-refractivity contribution in [1.29, 1.82) is 0 Å². The Kier molecular flexibility index (Phi) is 4.77. The molecule has 0 unspecified atom stereocenters. The average molecular weight is 484 g/mol. The topological polar surface area (TPSA) is 78.3 Å². The second-order valence-corrected chi connectivity index (χ2v) is 11.5. The Bertz CT molecular complexity index is 1510. The summed E-state index contributed by atoms with van der Waals surface area (Å²) in [5.41, 5.74) is 10.7. The monoisotopic (exact) mass is 483 g/mol. The third-order valence-electron chi connectivity index (χ3n) is 8.07. The third-order valence-corrected chi connectivity index (χ3v) is 8.07. The van der Waals surface area contributed by atoms with Crippen molar-refractivity contribution in [3.63, 3.8) is 0 Å². The van der Waals surface area contributed by atoms with Crippen LogP contribution in [0.1, 0.15) is 49.9 Å². The molecule has 1 saturated heterocycles. The molecule has 7 nitrogen and oxygen atoms in total. The van der Waals surface area contributed by atoms with Gasteiger partial charge in [0, 0.05) is 42.1 Å². The molecule has 1 atom stereocenters. The molecule has 0 spiro atoms. The van der Waals surface area contributed by atoms with Crippen LogP contribution < -0.4 is 10.5 Å². The number of rotatable bonds is 4. The zero-order chi connectivity index (χ0) is 24.6. The summed E-state index contributed by atoms with van der Waals surface area (Å²) in [5.74, 6) is 2.43. The molecule has 4 aromatic rings. The number of benzene rings is 2. The van der Waals surface area contributed by atoms with E-state index in [-0.39, 0.29) is 17.5 Å². The largest absolute Gasteiger partial charge is 0.489 e. The van der Waals surface area contributed by atoms with Gasteiger partial charge in [0.15, 0.2) is 5.82 Å². The number of carbonyl (C=O) groups is 1. The number of aromatic nitrogens is 3. The number of para-hydroxylation sites is 1. The fourth-order valence-corrected chi connectivity index (χ4v) is 6.01. The van der Waals surface area contributed by atoms with Gasteiger partial charge in [0.25, 0.3) is 5.91 Å². The molecule has 36 heavy (non-hydrogen) atoms. The van der Waals surface area contributed by atoms with Gasteiger partial charge in [-0.1, -0.05) is 18.2 Å². The van der Waals surface area contributed by atoms with Gasteiger partial charge in [-0.2, -0.15) is 0 Å². The number of ether oxygens (including phenoxy) is 1. The van der Waals surface area contributed by atoms with E-state index < -0.39 is 0 Å². The van der Waals surface area contributed by atoms with Crippen molar-refractivity contribution in [2.45, 2.75) is 57.7 Å². The number of hydrogen-bond donors (Lipinski definition) is 1. The smallest absolute Gasteiger partial charge is 0.254 e. The second kappa shape index (κ2) is 7.84. The van der Waals surface area contributed by atoms with Crippen LogP contribution in [0.4, 0.5) is 0 Å². The van der Waals surface area contributed by atoms with Crippen molar-refractivity contribution < 1.29 is 9.53 Å². The summed E-state index contributed by atoms with van der Waals surface area (Å²) in [5, 5.41) is 1.23. The van der Waals surface area contributed by atoms with Crippen LogP contribution in [0, 0.1) is 5.92 Å². The van der Waals surface area contributed by atoms with E-state index in [1.807, 2.05) is 17.0 Å². The van der Waals surface area contributed by atoms with Crippen LogP contribution in [-0.4, -0.2) is 50.7 Å². The molecule has 2 aromatic carbocycles. The lowest BCUT2D eigenvalue weighted by atomic mass is 10.0.